The lowest BCUT2D eigenvalue weighted by Crippen LogP contribution is -2.05. The molecule has 4 nitrogen and oxygen atoms in total. The van der Waals surface area contributed by atoms with Gasteiger partial charge in [-0.1, -0.05) is 6.92 Å². The molecule has 0 unspecified atom stereocenters. The maximum Gasteiger partial charge on any atom is 0.360 e. The summed E-state index contributed by atoms with van der Waals surface area (Å²) in [6, 6.07) is 0. The molecule has 76 valence electrons. The molecule has 0 saturated carbocycles. The Morgan fingerprint density at radius 2 is 1.85 bits per heavy atom. The second kappa shape index (κ2) is 4.36. The molecule has 0 radical (unpaired) electrons. The number of hydrogen-bond acceptors (Lipinski definition) is 4. The molecule has 1 heterocycles. The first-order valence-electron chi connectivity index (χ1n) is 4.63. The van der Waals surface area contributed by atoms with Crippen LogP contribution >= 0.6 is 7.60 Å². The van der Waals surface area contributed by atoms with Gasteiger partial charge in [0.25, 0.3) is 0 Å². The van der Waals surface area contributed by atoms with Gasteiger partial charge >= 0.3 is 7.60 Å². The molecule has 0 aromatic rings. The maximum atomic E-state index is 12.0. The predicted octanol–water partition coefficient (Wildman–Crippen LogP) is 2.44. The van der Waals surface area contributed by atoms with Crippen LogP contribution in [0.1, 0.15) is 27.2 Å². The molecular formula is C8H16NO3P. The van der Waals surface area contributed by atoms with E-state index in [0.717, 1.165) is 12.1 Å². The molecule has 0 N–H and O–H groups in total. The molecule has 1 aliphatic rings. The Morgan fingerprint density at radius 3 is 2.15 bits per heavy atom. The molecular weight excluding hydrogens is 189 g/mol. The Balaban J connectivity index is 2.54. The highest BCUT2D eigenvalue weighted by Crippen LogP contribution is 2.58. The standard InChI is InChI=1S/C8H16NO3P/c1-4-7-8(9-7)13(10,11-5-2)12-6-3/h8H,4-6H2,1-3H3/t8-/m0/s1. The van der Waals surface area contributed by atoms with Crippen molar-refractivity contribution in [1.29, 1.82) is 0 Å². The summed E-state index contributed by atoms with van der Waals surface area (Å²) in [5.41, 5.74) is 0.949. The number of nitrogens with zero attached hydrogens (tertiary/aromatic N) is 1. The first-order chi connectivity index (χ1) is 6.18. The fraction of sp³-hybridized carbons (Fsp3) is 0.875. The Kier molecular flexibility index (Phi) is 3.65. The van der Waals surface area contributed by atoms with E-state index in [0.29, 0.717) is 13.2 Å². The molecule has 1 rings (SSSR count). The Bertz CT molecular complexity index is 242. The van der Waals surface area contributed by atoms with Crippen molar-refractivity contribution in [3.8, 4) is 0 Å². The average molecular weight is 205 g/mol. The summed E-state index contributed by atoms with van der Waals surface area (Å²) >= 11 is 0. The van der Waals surface area contributed by atoms with Gasteiger partial charge in [0, 0.05) is 0 Å². The third kappa shape index (κ3) is 2.39. The highest BCUT2D eigenvalue weighted by molar-refractivity contribution is 7.56. The fourth-order valence-electron chi connectivity index (χ4n) is 1.19. The molecule has 0 amide bonds. The van der Waals surface area contributed by atoms with E-state index in [1.807, 2.05) is 6.92 Å². The summed E-state index contributed by atoms with van der Waals surface area (Å²) in [4.78, 5) is 4.09. The van der Waals surface area contributed by atoms with Crippen molar-refractivity contribution in [2.75, 3.05) is 13.2 Å². The van der Waals surface area contributed by atoms with Gasteiger partial charge in [-0.05, 0) is 20.3 Å². The summed E-state index contributed by atoms with van der Waals surface area (Å²) in [5, 5.41) is 0. The van der Waals surface area contributed by atoms with E-state index in [1.54, 1.807) is 13.8 Å². The van der Waals surface area contributed by atoms with Gasteiger partial charge in [-0.3, -0.25) is 9.56 Å². The quantitative estimate of drug-likeness (QED) is 0.625. The topological polar surface area (TPSA) is 47.9 Å². The molecule has 0 bridgehead atoms. The van der Waals surface area contributed by atoms with Crippen LogP contribution in [0.25, 0.3) is 0 Å². The van der Waals surface area contributed by atoms with Gasteiger partial charge in [0.2, 0.25) is 0 Å². The van der Waals surface area contributed by atoms with Crippen molar-refractivity contribution in [3.05, 3.63) is 0 Å². The van der Waals surface area contributed by atoms with Gasteiger partial charge in [0.15, 0.2) is 5.78 Å². The lowest BCUT2D eigenvalue weighted by Gasteiger charge is -2.15. The van der Waals surface area contributed by atoms with Gasteiger partial charge in [0.05, 0.1) is 18.9 Å². The van der Waals surface area contributed by atoms with Gasteiger partial charge in [0.1, 0.15) is 0 Å². The highest BCUT2D eigenvalue weighted by atomic mass is 31.2. The third-order valence-electron chi connectivity index (χ3n) is 1.80. The lowest BCUT2D eigenvalue weighted by atomic mass is 10.4. The van der Waals surface area contributed by atoms with E-state index >= 15 is 0 Å². The van der Waals surface area contributed by atoms with Crippen LogP contribution in [0.2, 0.25) is 0 Å². The molecule has 0 spiro atoms. The summed E-state index contributed by atoms with van der Waals surface area (Å²) in [7, 11) is -2.96. The average Bonchev–Trinajstić information content (AvgIpc) is 2.84. The van der Waals surface area contributed by atoms with Crippen molar-refractivity contribution in [3.63, 3.8) is 0 Å². The molecule has 0 fully saturated rings. The zero-order chi connectivity index (χ0) is 9.90. The van der Waals surface area contributed by atoms with Crippen molar-refractivity contribution < 1.29 is 13.6 Å². The zero-order valence-corrected chi connectivity index (χ0v) is 9.21. The van der Waals surface area contributed by atoms with E-state index in [-0.39, 0.29) is 5.78 Å². The van der Waals surface area contributed by atoms with Gasteiger partial charge in [-0.15, -0.1) is 0 Å². The van der Waals surface area contributed by atoms with Crippen LogP contribution in [0, 0.1) is 0 Å². The van der Waals surface area contributed by atoms with E-state index in [9.17, 15) is 4.57 Å². The minimum Gasteiger partial charge on any atom is -0.307 e. The SMILES string of the molecule is CCOP(=O)(OCC)[C@@H]1N=C1CC. The monoisotopic (exact) mass is 205 g/mol. The normalized spacial score (nSPS) is 21.5. The van der Waals surface area contributed by atoms with Crippen molar-refractivity contribution in [2.45, 2.75) is 33.0 Å². The van der Waals surface area contributed by atoms with E-state index in [2.05, 4.69) is 4.99 Å². The summed E-state index contributed by atoms with van der Waals surface area (Å²) in [6.45, 7) is 6.40. The minimum atomic E-state index is -2.96. The van der Waals surface area contributed by atoms with Gasteiger partial charge in [-0.25, -0.2) is 0 Å². The first kappa shape index (κ1) is 10.9. The maximum absolute atomic E-state index is 12.0. The molecule has 0 aromatic carbocycles. The summed E-state index contributed by atoms with van der Waals surface area (Å²) in [5.74, 6) is -0.280. The molecule has 1 atom stereocenters. The minimum absolute atomic E-state index is 0.280. The molecule has 13 heavy (non-hydrogen) atoms. The van der Waals surface area contributed by atoms with E-state index in [4.69, 9.17) is 9.05 Å². The zero-order valence-electron chi connectivity index (χ0n) is 8.32. The predicted molar refractivity (Wildman–Crippen MR) is 52.4 cm³/mol. The number of rotatable bonds is 6. The van der Waals surface area contributed by atoms with Crippen molar-refractivity contribution >= 4 is 13.3 Å². The summed E-state index contributed by atoms with van der Waals surface area (Å²) in [6.07, 6.45) is 0.828. The fourth-order valence-corrected chi connectivity index (χ4v) is 3.10. The molecule has 0 saturated heterocycles. The van der Waals surface area contributed by atoms with Crippen LogP contribution in [0.4, 0.5) is 0 Å². The van der Waals surface area contributed by atoms with Crippen LogP contribution in [-0.4, -0.2) is 24.7 Å². The highest BCUT2D eigenvalue weighted by Gasteiger charge is 2.46. The van der Waals surface area contributed by atoms with Crippen molar-refractivity contribution in [1.82, 2.24) is 0 Å². The van der Waals surface area contributed by atoms with Crippen LogP contribution in [0.5, 0.6) is 0 Å². The molecule has 0 aliphatic carbocycles. The van der Waals surface area contributed by atoms with Gasteiger partial charge < -0.3 is 9.05 Å². The second-order valence-electron chi connectivity index (χ2n) is 2.72. The largest absolute Gasteiger partial charge is 0.360 e. The Labute approximate surface area is 78.9 Å². The smallest absolute Gasteiger partial charge is 0.307 e. The lowest BCUT2D eigenvalue weighted by molar-refractivity contribution is 0.219. The summed E-state index contributed by atoms with van der Waals surface area (Å²) < 4.78 is 22.3. The molecule has 1 aliphatic heterocycles. The molecule has 5 heteroatoms. The van der Waals surface area contributed by atoms with Gasteiger partial charge in [-0.2, -0.15) is 0 Å². The van der Waals surface area contributed by atoms with Crippen LogP contribution < -0.4 is 0 Å². The van der Waals surface area contributed by atoms with Crippen LogP contribution in [0.15, 0.2) is 4.99 Å². The first-order valence-corrected chi connectivity index (χ1v) is 6.24. The molecule has 0 aromatic heterocycles. The van der Waals surface area contributed by atoms with Crippen LogP contribution in [-0.2, 0) is 13.6 Å². The number of aliphatic imine (C=N–C) groups is 1. The second-order valence-corrected chi connectivity index (χ2v) is 4.81. The third-order valence-corrected chi connectivity index (χ3v) is 4.05. The van der Waals surface area contributed by atoms with Crippen molar-refractivity contribution in [2.24, 2.45) is 4.99 Å². The van der Waals surface area contributed by atoms with Crippen LogP contribution in [0.3, 0.4) is 0 Å². The van der Waals surface area contributed by atoms with E-state index in [1.165, 1.54) is 0 Å². The van der Waals surface area contributed by atoms with E-state index < -0.39 is 7.60 Å². The Morgan fingerprint density at radius 1 is 1.31 bits per heavy atom. The Hall–Kier alpha value is -0.180. The number of hydrogen-bond donors (Lipinski definition) is 0.